The molecule has 4 aromatic rings. The van der Waals surface area contributed by atoms with Crippen LogP contribution in [0.5, 0.6) is 0 Å². The Morgan fingerprint density at radius 2 is 0.667 bits per heavy atom. The van der Waals surface area contributed by atoms with Crippen LogP contribution in [0, 0.1) is 0 Å². The minimum absolute atomic E-state index is 0.261. The van der Waals surface area contributed by atoms with E-state index >= 15 is 0 Å². The molecule has 0 radical (unpaired) electrons. The maximum Gasteiger partial charge on any atom is 0.351 e. The fourth-order valence-corrected chi connectivity index (χ4v) is 3.20. The number of aliphatic hydroxyl groups excluding tert-OH is 2. The molecule has 10 N–H and O–H groups in total. The van der Waals surface area contributed by atoms with E-state index in [-0.39, 0.29) is 11.9 Å². The molecule has 0 bridgehead atoms. The van der Waals surface area contributed by atoms with Gasteiger partial charge in [0.15, 0.2) is 0 Å². The smallest absolute Gasteiger partial charge is 0.351 e. The number of rotatable bonds is 6. The molecule has 4 aromatic carbocycles. The van der Waals surface area contributed by atoms with Gasteiger partial charge in [-0.25, -0.2) is 0 Å². The van der Waals surface area contributed by atoms with Gasteiger partial charge < -0.3 is 20.0 Å². The zero-order valence-electron chi connectivity index (χ0n) is 22.6. The lowest BCUT2D eigenvalue weighted by molar-refractivity contribution is -0.168. The van der Waals surface area contributed by atoms with Gasteiger partial charge in [-0.05, 0) is 48.5 Å². The van der Waals surface area contributed by atoms with Gasteiger partial charge >= 0.3 is 28.0 Å². The van der Waals surface area contributed by atoms with Crippen LogP contribution >= 0.6 is 16.1 Å². The van der Waals surface area contributed by atoms with Crippen LogP contribution in [0.1, 0.15) is 0 Å². The second kappa shape index (κ2) is 20.4. The average molecular weight is 613 g/mol. The van der Waals surface area contributed by atoms with Crippen molar-refractivity contribution in [3.63, 3.8) is 0 Å². The molecule has 0 fully saturated rings. The van der Waals surface area contributed by atoms with Crippen molar-refractivity contribution in [1.82, 2.24) is 9.15 Å². The lowest BCUT2D eigenvalue weighted by atomic mass is 10.2. The van der Waals surface area contributed by atoms with Gasteiger partial charge in [0, 0.05) is 0 Å². The van der Waals surface area contributed by atoms with Crippen molar-refractivity contribution < 1.29 is 29.1 Å². The van der Waals surface area contributed by atoms with Gasteiger partial charge in [0.05, 0.1) is 0 Å². The van der Waals surface area contributed by atoms with Crippen LogP contribution in [0.2, 0.25) is 0 Å². The van der Waals surface area contributed by atoms with E-state index in [2.05, 4.69) is 0 Å². The van der Waals surface area contributed by atoms with Gasteiger partial charge in [-0.3, -0.25) is 22.9 Å². The summed E-state index contributed by atoms with van der Waals surface area (Å²) in [5, 5.41) is 15.1. The molecule has 12 nitrogen and oxygen atoms in total. The maximum atomic E-state index is 9.16. The van der Waals surface area contributed by atoms with Crippen LogP contribution in [-0.4, -0.2) is 34.8 Å². The predicted molar refractivity (Wildman–Crippen MR) is 165 cm³/mol. The van der Waals surface area contributed by atoms with Gasteiger partial charge in [0.25, 0.3) is 0 Å². The average Bonchev–Trinajstić information content (AvgIpc) is 3.00. The monoisotopic (exact) mass is 612 g/mol. The Kier molecular flexibility index (Phi) is 17.2. The van der Waals surface area contributed by atoms with Gasteiger partial charge in [0.2, 0.25) is 12.7 Å². The molecule has 2 unspecified atom stereocenters. The third-order valence-corrected chi connectivity index (χ3v) is 5.27. The molecule has 0 aromatic heterocycles. The summed E-state index contributed by atoms with van der Waals surface area (Å²) in [6, 6.07) is 39.2. The first kappa shape index (κ1) is 35.5. The third-order valence-electron chi connectivity index (χ3n) is 4.80. The van der Waals surface area contributed by atoms with E-state index < -0.39 is 28.8 Å². The fourth-order valence-electron chi connectivity index (χ4n) is 3.20. The van der Waals surface area contributed by atoms with E-state index in [4.69, 9.17) is 52.1 Å². The van der Waals surface area contributed by atoms with E-state index in [1.807, 2.05) is 121 Å². The molecule has 0 aliphatic carbocycles. The summed E-state index contributed by atoms with van der Waals surface area (Å²) < 4.78 is 21.9. The van der Waals surface area contributed by atoms with E-state index in [1.54, 1.807) is 9.15 Å². The first-order chi connectivity index (χ1) is 20.1. The van der Waals surface area contributed by atoms with Gasteiger partial charge in [-0.1, -0.05) is 81.9 Å². The van der Waals surface area contributed by atoms with Crippen LogP contribution in [0.4, 0.5) is 22.7 Å². The van der Waals surface area contributed by atoms with Crippen LogP contribution in [-0.2, 0) is 9.13 Å². The number of benzene rings is 4. The lowest BCUT2D eigenvalue weighted by Crippen LogP contribution is -2.33. The summed E-state index contributed by atoms with van der Waals surface area (Å²) in [6.07, 6.45) is -1.48. The largest absolute Gasteiger partial charge is 0.594 e. The molecular formula is C28H34N6O6P2+2. The number of para-hydroxylation sites is 4. The molecule has 0 saturated heterocycles. The lowest BCUT2D eigenvalue weighted by Gasteiger charge is -2.08. The number of guanidine groups is 2. The molecule has 4 rings (SSSR count). The minimum atomic E-state index is -2.54. The molecule has 0 saturated carbocycles. The Morgan fingerprint density at radius 3 is 0.786 bits per heavy atom. The molecule has 2 atom stereocenters. The first-order valence-corrected chi connectivity index (χ1v) is 14.9. The highest BCUT2D eigenvalue weighted by atomic mass is 31.1. The topological polar surface area (TPSA) is 231 Å². The van der Waals surface area contributed by atoms with E-state index in [0.29, 0.717) is 0 Å². The Balaban J connectivity index is 0.000000320. The summed E-state index contributed by atoms with van der Waals surface area (Å²) in [6.45, 7) is 0. The normalized spacial score (nSPS) is 10.1. The molecule has 42 heavy (non-hydrogen) atoms. The summed E-state index contributed by atoms with van der Waals surface area (Å²) >= 11 is 0. The van der Waals surface area contributed by atoms with E-state index in [9.17, 15) is 0 Å². The number of hydrogen-bond acceptors (Lipinski definition) is 6. The SMILES string of the molecule is NC(N)=[N+](c1ccccc1)c1ccccc1.NC(N)=[N+](c1ccccc1)c1ccccc1.O=[P+]([O-])CO.O=[P+]([O-])CO. The van der Waals surface area contributed by atoms with Crippen molar-refractivity contribution in [3.05, 3.63) is 121 Å². The van der Waals surface area contributed by atoms with Gasteiger partial charge in [-0.15, -0.1) is 0 Å². The molecule has 0 heterocycles. The summed E-state index contributed by atoms with van der Waals surface area (Å²) in [5.41, 5.74) is 26.7. The molecule has 0 aliphatic heterocycles. The van der Waals surface area contributed by atoms with Crippen molar-refractivity contribution >= 4 is 50.7 Å². The molecule has 220 valence electrons. The highest BCUT2D eigenvalue weighted by Gasteiger charge is 2.10. The zero-order valence-corrected chi connectivity index (χ0v) is 24.4. The van der Waals surface area contributed by atoms with Crippen LogP contribution in [0.15, 0.2) is 121 Å². The highest BCUT2D eigenvalue weighted by molar-refractivity contribution is 7.36. The van der Waals surface area contributed by atoms with E-state index in [0.717, 1.165) is 22.7 Å². The highest BCUT2D eigenvalue weighted by Crippen LogP contribution is 2.20. The van der Waals surface area contributed by atoms with Crippen molar-refractivity contribution in [1.29, 1.82) is 0 Å². The van der Waals surface area contributed by atoms with Crippen molar-refractivity contribution in [2.45, 2.75) is 0 Å². The van der Waals surface area contributed by atoms with E-state index in [1.165, 1.54) is 0 Å². The Labute approximate surface area is 245 Å². The molecule has 0 aliphatic rings. The molecular weight excluding hydrogens is 578 g/mol. The number of hydrogen-bond donors (Lipinski definition) is 6. The van der Waals surface area contributed by atoms with Gasteiger partial charge in [0.1, 0.15) is 22.7 Å². The Bertz CT molecular complexity index is 1230. The Morgan fingerprint density at radius 1 is 0.500 bits per heavy atom. The van der Waals surface area contributed by atoms with Gasteiger partial charge in [-0.2, -0.15) is 9.15 Å². The summed E-state index contributed by atoms with van der Waals surface area (Å²) in [4.78, 5) is 18.3. The zero-order chi connectivity index (χ0) is 31.3. The third kappa shape index (κ3) is 13.7. The number of nitrogens with two attached hydrogens (primary N) is 4. The second-order valence-electron chi connectivity index (χ2n) is 7.81. The van der Waals surface area contributed by atoms with Crippen molar-refractivity contribution in [2.24, 2.45) is 22.9 Å². The summed E-state index contributed by atoms with van der Waals surface area (Å²) in [7, 11) is -5.09. The first-order valence-electron chi connectivity index (χ1n) is 12.1. The van der Waals surface area contributed by atoms with Crippen molar-refractivity contribution in [2.75, 3.05) is 12.7 Å². The Hall–Kier alpha value is -4.54. The predicted octanol–water partition coefficient (Wildman–Crippen LogP) is 1.67. The van der Waals surface area contributed by atoms with Crippen LogP contribution in [0.3, 0.4) is 0 Å². The van der Waals surface area contributed by atoms with Crippen LogP contribution in [0.25, 0.3) is 0 Å². The molecule has 14 heteroatoms. The second-order valence-corrected chi connectivity index (χ2v) is 9.71. The summed E-state index contributed by atoms with van der Waals surface area (Å²) in [5.74, 6) is 0.523. The minimum Gasteiger partial charge on any atom is -0.594 e. The van der Waals surface area contributed by atoms with Crippen LogP contribution < -0.4 is 41.9 Å². The quantitative estimate of drug-likeness (QED) is 0.0798. The fraction of sp³-hybridized carbons (Fsp3) is 0.0714. The number of nitrogens with zero attached hydrogens (tertiary/aromatic N) is 2. The van der Waals surface area contributed by atoms with Crippen molar-refractivity contribution in [3.8, 4) is 0 Å². The standard InChI is InChI=1S/2C13H13N3.2CH3O3P/c2*14-13(15)16(11-7-3-1-4-8-11)12-9-5-2-6-10-12;2*2-1-5(3)4/h2*1-10H,(H3,14,15);2*2H,1H2/p+2. The molecule has 0 amide bonds. The number of aliphatic hydroxyl groups is 2. The maximum absolute atomic E-state index is 9.16. The molecule has 0 spiro atoms.